The van der Waals surface area contributed by atoms with E-state index in [4.69, 9.17) is 23.7 Å². The van der Waals surface area contributed by atoms with E-state index in [9.17, 15) is 4.79 Å². The van der Waals surface area contributed by atoms with Gasteiger partial charge in [-0.1, -0.05) is 23.5 Å². The molecule has 178 valence electrons. The third kappa shape index (κ3) is 4.58. The fourth-order valence-corrected chi connectivity index (χ4v) is 4.59. The second-order valence-corrected chi connectivity index (χ2v) is 8.58. The molecule has 0 bridgehead atoms. The number of anilines is 1. The highest BCUT2D eigenvalue weighted by Crippen LogP contribution is 2.36. The van der Waals surface area contributed by atoms with E-state index in [0.717, 1.165) is 21.5 Å². The molecule has 1 aliphatic rings. The molecule has 0 unspecified atom stereocenters. The summed E-state index contributed by atoms with van der Waals surface area (Å²) >= 11 is 1.37. The minimum Gasteiger partial charge on any atom is -0.497 e. The van der Waals surface area contributed by atoms with Crippen molar-refractivity contribution < 1.29 is 28.5 Å². The van der Waals surface area contributed by atoms with Crippen molar-refractivity contribution in [3.8, 4) is 28.7 Å². The number of thiazole rings is 1. The molecule has 4 aromatic rings. The van der Waals surface area contributed by atoms with Crippen LogP contribution in [0.1, 0.15) is 11.1 Å². The predicted molar refractivity (Wildman–Crippen MR) is 135 cm³/mol. The first kappa shape index (κ1) is 22.5. The van der Waals surface area contributed by atoms with Gasteiger partial charge in [0.15, 0.2) is 28.1 Å². The number of rotatable bonds is 7. The summed E-state index contributed by atoms with van der Waals surface area (Å²) in [5, 5.41) is 3.42. The molecule has 1 N–H and O–H groups in total. The van der Waals surface area contributed by atoms with Gasteiger partial charge >= 0.3 is 0 Å². The number of hydrogen-bond acceptors (Lipinski definition) is 8. The molecule has 0 fully saturated rings. The number of aromatic nitrogens is 1. The smallest absolute Gasteiger partial charge is 0.258 e. The monoisotopic (exact) mass is 490 g/mol. The normalized spacial score (nSPS) is 12.5. The molecule has 8 nitrogen and oxygen atoms in total. The lowest BCUT2D eigenvalue weighted by molar-refractivity contribution is -0.111. The highest BCUT2D eigenvalue weighted by Gasteiger charge is 2.19. The number of carbonyl (C=O) groups is 1. The standard InChI is InChI=1S/C26H22N2O6S/c1-30-17-6-7-19-24(13-17)35-26(27-19)28-25(29)18(16-5-9-20(31-2)22(12-16)32-3)10-15-4-8-21-23(11-15)34-14-33-21/h4-13H,14H2,1-3H3,(H,27,28,29)/b18-10+. The van der Waals surface area contributed by atoms with Gasteiger partial charge in [-0.05, 0) is 59.7 Å². The third-order valence-corrected chi connectivity index (χ3v) is 6.40. The van der Waals surface area contributed by atoms with Gasteiger partial charge in [0.2, 0.25) is 6.79 Å². The number of fused-ring (bicyclic) bond motifs is 2. The van der Waals surface area contributed by atoms with Gasteiger partial charge in [0.05, 0.1) is 31.5 Å². The van der Waals surface area contributed by atoms with Gasteiger partial charge in [-0.3, -0.25) is 10.1 Å². The van der Waals surface area contributed by atoms with Gasteiger partial charge in [0.25, 0.3) is 5.91 Å². The van der Waals surface area contributed by atoms with E-state index in [1.54, 1.807) is 39.5 Å². The van der Waals surface area contributed by atoms with Crippen LogP contribution in [0.15, 0.2) is 54.6 Å². The Morgan fingerprint density at radius 1 is 0.943 bits per heavy atom. The maximum Gasteiger partial charge on any atom is 0.258 e. The van der Waals surface area contributed by atoms with Crippen LogP contribution in [0.3, 0.4) is 0 Å². The summed E-state index contributed by atoms with van der Waals surface area (Å²) in [6.45, 7) is 0.175. The number of methoxy groups -OCH3 is 3. The molecule has 1 amide bonds. The molecular formula is C26H22N2O6S. The van der Waals surface area contributed by atoms with Crippen molar-refractivity contribution in [2.75, 3.05) is 33.4 Å². The molecule has 1 aromatic heterocycles. The largest absolute Gasteiger partial charge is 0.497 e. The van der Waals surface area contributed by atoms with Crippen LogP contribution in [0.5, 0.6) is 28.7 Å². The summed E-state index contributed by atoms with van der Waals surface area (Å²) in [6.07, 6.45) is 1.79. The van der Waals surface area contributed by atoms with Crippen molar-refractivity contribution in [1.29, 1.82) is 0 Å². The first-order chi connectivity index (χ1) is 17.1. The van der Waals surface area contributed by atoms with Crippen LogP contribution in [-0.4, -0.2) is 39.0 Å². The Balaban J connectivity index is 1.53. The SMILES string of the molecule is COc1ccc2nc(NC(=O)/C(=C/c3ccc4c(c3)OCO4)c3ccc(OC)c(OC)c3)sc2c1. The lowest BCUT2D eigenvalue weighted by Crippen LogP contribution is -2.13. The zero-order valence-corrected chi connectivity index (χ0v) is 20.1. The molecular weight excluding hydrogens is 468 g/mol. The summed E-state index contributed by atoms with van der Waals surface area (Å²) in [4.78, 5) is 18.1. The average Bonchev–Trinajstić information content (AvgIpc) is 3.52. The Hall–Kier alpha value is -4.24. The number of nitrogens with zero attached hydrogens (tertiary/aromatic N) is 1. The van der Waals surface area contributed by atoms with E-state index in [1.165, 1.54) is 11.3 Å². The van der Waals surface area contributed by atoms with Crippen LogP contribution < -0.4 is 29.0 Å². The fraction of sp³-hybridized carbons (Fsp3) is 0.154. The van der Waals surface area contributed by atoms with Crippen molar-refractivity contribution >= 4 is 44.2 Å². The van der Waals surface area contributed by atoms with Crippen LogP contribution in [0.2, 0.25) is 0 Å². The maximum absolute atomic E-state index is 13.5. The second-order valence-electron chi connectivity index (χ2n) is 7.55. The molecule has 1 aliphatic heterocycles. The van der Waals surface area contributed by atoms with Crippen LogP contribution >= 0.6 is 11.3 Å². The molecule has 0 radical (unpaired) electrons. The van der Waals surface area contributed by atoms with E-state index < -0.39 is 0 Å². The molecule has 5 rings (SSSR count). The van der Waals surface area contributed by atoms with E-state index in [0.29, 0.717) is 39.3 Å². The topological polar surface area (TPSA) is 88.1 Å². The van der Waals surface area contributed by atoms with Crippen LogP contribution in [0, 0.1) is 0 Å². The van der Waals surface area contributed by atoms with E-state index in [2.05, 4.69) is 10.3 Å². The highest BCUT2D eigenvalue weighted by molar-refractivity contribution is 7.22. The third-order valence-electron chi connectivity index (χ3n) is 5.46. The van der Waals surface area contributed by atoms with Gasteiger partial charge in [0, 0.05) is 5.57 Å². The second kappa shape index (κ2) is 9.55. The molecule has 0 aliphatic carbocycles. The molecule has 0 saturated heterocycles. The average molecular weight is 491 g/mol. The molecule has 0 atom stereocenters. The number of amides is 1. The van der Waals surface area contributed by atoms with Crippen LogP contribution in [0.25, 0.3) is 21.9 Å². The maximum atomic E-state index is 13.5. The molecule has 2 heterocycles. The van der Waals surface area contributed by atoms with E-state index in [-0.39, 0.29) is 12.7 Å². The first-order valence-corrected chi connectivity index (χ1v) is 11.5. The first-order valence-electron chi connectivity index (χ1n) is 10.7. The van der Waals surface area contributed by atoms with Gasteiger partial charge in [-0.15, -0.1) is 0 Å². The van der Waals surface area contributed by atoms with Gasteiger partial charge in [-0.25, -0.2) is 4.98 Å². The Morgan fingerprint density at radius 3 is 2.57 bits per heavy atom. The van der Waals surface area contributed by atoms with Gasteiger partial charge < -0.3 is 23.7 Å². The highest BCUT2D eigenvalue weighted by atomic mass is 32.1. The van der Waals surface area contributed by atoms with Crippen molar-refractivity contribution in [2.45, 2.75) is 0 Å². The number of carbonyl (C=O) groups excluding carboxylic acids is 1. The van der Waals surface area contributed by atoms with Gasteiger partial charge in [-0.2, -0.15) is 0 Å². The van der Waals surface area contributed by atoms with Gasteiger partial charge in [0.1, 0.15) is 5.75 Å². The zero-order valence-electron chi connectivity index (χ0n) is 19.3. The molecule has 9 heteroatoms. The number of nitrogens with one attached hydrogen (secondary N) is 1. The number of benzene rings is 3. The summed E-state index contributed by atoms with van der Waals surface area (Å²) in [5.74, 6) is 2.80. The lowest BCUT2D eigenvalue weighted by Gasteiger charge is -2.12. The zero-order chi connectivity index (χ0) is 24.4. The predicted octanol–water partition coefficient (Wildman–Crippen LogP) is 5.23. The molecule has 35 heavy (non-hydrogen) atoms. The Morgan fingerprint density at radius 2 is 1.77 bits per heavy atom. The van der Waals surface area contributed by atoms with E-state index in [1.807, 2.05) is 42.5 Å². The van der Waals surface area contributed by atoms with Crippen LogP contribution in [0.4, 0.5) is 5.13 Å². The van der Waals surface area contributed by atoms with E-state index >= 15 is 0 Å². The quantitative estimate of drug-likeness (QED) is 0.280. The number of hydrogen-bond donors (Lipinski definition) is 1. The number of ether oxygens (including phenoxy) is 5. The van der Waals surface area contributed by atoms with Crippen LogP contribution in [-0.2, 0) is 4.79 Å². The molecule has 0 saturated carbocycles. The van der Waals surface area contributed by atoms with Crippen molar-refractivity contribution in [3.05, 3.63) is 65.7 Å². The summed E-state index contributed by atoms with van der Waals surface area (Å²) in [6, 6.07) is 16.4. The molecule has 0 spiro atoms. The van der Waals surface area contributed by atoms with Crippen molar-refractivity contribution in [3.63, 3.8) is 0 Å². The summed E-state index contributed by atoms with van der Waals surface area (Å²) < 4.78 is 27.9. The Labute approximate surface area is 205 Å². The summed E-state index contributed by atoms with van der Waals surface area (Å²) in [5.41, 5.74) is 2.63. The van der Waals surface area contributed by atoms with Crippen molar-refractivity contribution in [1.82, 2.24) is 4.98 Å². The molecule has 3 aromatic carbocycles. The minimum absolute atomic E-state index is 0.175. The Bertz CT molecular complexity index is 1450. The van der Waals surface area contributed by atoms with Crippen molar-refractivity contribution in [2.24, 2.45) is 0 Å². The Kier molecular flexibility index (Phi) is 6.15. The lowest BCUT2D eigenvalue weighted by atomic mass is 10.0. The minimum atomic E-state index is -0.319. The fourth-order valence-electron chi connectivity index (χ4n) is 3.70. The summed E-state index contributed by atoms with van der Waals surface area (Å²) in [7, 11) is 4.73.